The molecule has 0 radical (unpaired) electrons. The van der Waals surface area contributed by atoms with E-state index in [-0.39, 0.29) is 11.8 Å². The number of carbonyl (C=O) groups excluding carboxylic acids is 1. The molecule has 1 amide bonds. The molecule has 3 unspecified atom stereocenters. The fourth-order valence-corrected chi connectivity index (χ4v) is 2.89. The van der Waals surface area contributed by atoms with Gasteiger partial charge < -0.3 is 10.6 Å². The van der Waals surface area contributed by atoms with Gasteiger partial charge in [0.25, 0.3) is 0 Å². The molecule has 2 rings (SSSR count). The smallest absolute Gasteiger partial charge is 0.226 e. The van der Waals surface area contributed by atoms with Gasteiger partial charge in [-0.2, -0.15) is 0 Å². The first-order valence-electron chi connectivity index (χ1n) is 8.13. The Balaban J connectivity index is 1.96. The Bertz CT molecular complexity index is 484. The van der Waals surface area contributed by atoms with Crippen LogP contribution in [0.15, 0.2) is 24.3 Å². The van der Waals surface area contributed by atoms with E-state index < -0.39 is 0 Å². The first-order chi connectivity index (χ1) is 9.95. The number of rotatable bonds is 4. The van der Waals surface area contributed by atoms with Crippen LogP contribution in [0.25, 0.3) is 0 Å². The number of benzene rings is 1. The van der Waals surface area contributed by atoms with Gasteiger partial charge in [-0.25, -0.2) is 0 Å². The van der Waals surface area contributed by atoms with Crippen LogP contribution in [0.3, 0.4) is 0 Å². The van der Waals surface area contributed by atoms with Crippen LogP contribution in [-0.4, -0.2) is 11.9 Å². The molecule has 1 aliphatic rings. The van der Waals surface area contributed by atoms with E-state index in [1.165, 1.54) is 19.3 Å². The van der Waals surface area contributed by atoms with Crippen LogP contribution in [0.2, 0.25) is 0 Å². The zero-order valence-corrected chi connectivity index (χ0v) is 13.6. The SMILES string of the molecule is CC(C)C(=O)Nc1cccc(NC2CCC(C)C(C)C2)c1. The number of hydrogen-bond acceptors (Lipinski definition) is 2. The molecule has 1 saturated carbocycles. The number of anilines is 2. The molecule has 3 nitrogen and oxygen atoms in total. The summed E-state index contributed by atoms with van der Waals surface area (Å²) in [5.41, 5.74) is 1.97. The fourth-order valence-electron chi connectivity index (χ4n) is 2.89. The maximum absolute atomic E-state index is 11.8. The molecular weight excluding hydrogens is 260 g/mol. The Hall–Kier alpha value is -1.51. The Morgan fingerprint density at radius 1 is 1.14 bits per heavy atom. The zero-order valence-electron chi connectivity index (χ0n) is 13.6. The molecule has 0 aliphatic heterocycles. The van der Waals surface area contributed by atoms with E-state index in [0.717, 1.165) is 23.2 Å². The molecule has 0 bridgehead atoms. The standard InChI is InChI=1S/C18H28N2O/c1-12(2)18(21)20-16-7-5-6-15(11-16)19-17-9-8-13(3)14(4)10-17/h5-7,11-14,17,19H,8-10H2,1-4H3,(H,20,21). The highest BCUT2D eigenvalue weighted by Gasteiger charge is 2.24. The summed E-state index contributed by atoms with van der Waals surface area (Å²) in [5, 5.41) is 6.58. The van der Waals surface area contributed by atoms with Crippen LogP contribution in [0.1, 0.15) is 47.0 Å². The van der Waals surface area contributed by atoms with Crippen molar-refractivity contribution in [1.29, 1.82) is 0 Å². The third-order valence-corrected chi connectivity index (χ3v) is 4.62. The van der Waals surface area contributed by atoms with Crippen molar-refractivity contribution >= 4 is 17.3 Å². The largest absolute Gasteiger partial charge is 0.382 e. The van der Waals surface area contributed by atoms with Crippen molar-refractivity contribution < 1.29 is 4.79 Å². The summed E-state index contributed by atoms with van der Waals surface area (Å²) in [5.74, 6) is 1.68. The average molecular weight is 288 g/mol. The molecular formula is C18H28N2O. The molecule has 2 N–H and O–H groups in total. The lowest BCUT2D eigenvalue weighted by Gasteiger charge is -2.33. The summed E-state index contributed by atoms with van der Waals surface area (Å²) in [6.07, 6.45) is 3.75. The highest BCUT2D eigenvalue weighted by Crippen LogP contribution is 2.31. The lowest BCUT2D eigenvalue weighted by atomic mass is 9.79. The summed E-state index contributed by atoms with van der Waals surface area (Å²) < 4.78 is 0. The van der Waals surface area contributed by atoms with E-state index >= 15 is 0 Å². The molecule has 116 valence electrons. The average Bonchev–Trinajstić information content (AvgIpc) is 2.43. The van der Waals surface area contributed by atoms with Gasteiger partial charge in [-0.1, -0.05) is 33.8 Å². The molecule has 21 heavy (non-hydrogen) atoms. The van der Waals surface area contributed by atoms with E-state index in [1.807, 2.05) is 32.0 Å². The first-order valence-corrected chi connectivity index (χ1v) is 8.13. The van der Waals surface area contributed by atoms with Gasteiger partial charge in [-0.3, -0.25) is 4.79 Å². The Morgan fingerprint density at radius 3 is 2.52 bits per heavy atom. The van der Waals surface area contributed by atoms with Crippen molar-refractivity contribution in [2.24, 2.45) is 17.8 Å². The number of amides is 1. The molecule has 1 aromatic rings. The first kappa shape index (κ1) is 15.9. The van der Waals surface area contributed by atoms with Crippen LogP contribution in [0.5, 0.6) is 0 Å². The number of hydrogen-bond donors (Lipinski definition) is 2. The number of carbonyl (C=O) groups is 1. The Labute approximate surface area is 128 Å². The van der Waals surface area contributed by atoms with Gasteiger partial charge in [0.1, 0.15) is 0 Å². The minimum Gasteiger partial charge on any atom is -0.382 e. The quantitative estimate of drug-likeness (QED) is 0.855. The lowest BCUT2D eigenvalue weighted by molar-refractivity contribution is -0.118. The third-order valence-electron chi connectivity index (χ3n) is 4.62. The van der Waals surface area contributed by atoms with Gasteiger partial charge >= 0.3 is 0 Å². The van der Waals surface area contributed by atoms with Crippen molar-refractivity contribution in [3.8, 4) is 0 Å². The van der Waals surface area contributed by atoms with E-state index in [2.05, 4.69) is 30.5 Å². The van der Waals surface area contributed by atoms with Crippen LogP contribution in [0, 0.1) is 17.8 Å². The van der Waals surface area contributed by atoms with Crippen molar-refractivity contribution in [1.82, 2.24) is 0 Å². The second kappa shape index (κ2) is 6.97. The third kappa shape index (κ3) is 4.48. The highest BCUT2D eigenvalue weighted by atomic mass is 16.1. The van der Waals surface area contributed by atoms with E-state index in [1.54, 1.807) is 0 Å². The van der Waals surface area contributed by atoms with Gasteiger partial charge in [-0.05, 0) is 49.3 Å². The lowest BCUT2D eigenvalue weighted by Crippen LogP contribution is -2.30. The Morgan fingerprint density at radius 2 is 1.86 bits per heavy atom. The van der Waals surface area contributed by atoms with Gasteiger partial charge in [0.15, 0.2) is 0 Å². The Kier molecular flexibility index (Phi) is 5.27. The van der Waals surface area contributed by atoms with Crippen LogP contribution in [0.4, 0.5) is 11.4 Å². The summed E-state index contributed by atoms with van der Waals surface area (Å²) >= 11 is 0. The van der Waals surface area contributed by atoms with Gasteiger partial charge in [0.05, 0.1) is 0 Å². The molecule has 3 atom stereocenters. The van der Waals surface area contributed by atoms with E-state index in [0.29, 0.717) is 6.04 Å². The molecule has 1 fully saturated rings. The van der Waals surface area contributed by atoms with Gasteiger partial charge in [0.2, 0.25) is 5.91 Å². The molecule has 0 heterocycles. The number of nitrogens with one attached hydrogen (secondary N) is 2. The summed E-state index contributed by atoms with van der Waals surface area (Å²) in [7, 11) is 0. The summed E-state index contributed by atoms with van der Waals surface area (Å²) in [6.45, 7) is 8.50. The zero-order chi connectivity index (χ0) is 15.4. The monoisotopic (exact) mass is 288 g/mol. The predicted octanol–water partition coefficient (Wildman–Crippen LogP) is 4.52. The summed E-state index contributed by atoms with van der Waals surface area (Å²) in [6, 6.07) is 8.59. The summed E-state index contributed by atoms with van der Waals surface area (Å²) in [4.78, 5) is 11.8. The predicted molar refractivity (Wildman–Crippen MR) is 89.5 cm³/mol. The molecule has 1 aromatic carbocycles. The van der Waals surface area contributed by atoms with Crippen LogP contribution < -0.4 is 10.6 Å². The van der Waals surface area contributed by atoms with Crippen molar-refractivity contribution in [3.63, 3.8) is 0 Å². The maximum atomic E-state index is 11.8. The minimum atomic E-state index is 0.00213. The van der Waals surface area contributed by atoms with Crippen molar-refractivity contribution in [3.05, 3.63) is 24.3 Å². The molecule has 3 heteroatoms. The molecule has 0 aromatic heterocycles. The maximum Gasteiger partial charge on any atom is 0.226 e. The fraction of sp³-hybridized carbons (Fsp3) is 0.611. The van der Waals surface area contributed by atoms with Gasteiger partial charge in [0, 0.05) is 23.3 Å². The van der Waals surface area contributed by atoms with Crippen LogP contribution >= 0.6 is 0 Å². The normalized spacial score (nSPS) is 25.7. The van der Waals surface area contributed by atoms with Crippen molar-refractivity contribution in [2.75, 3.05) is 10.6 Å². The second-order valence-corrected chi connectivity index (χ2v) is 6.83. The highest BCUT2D eigenvalue weighted by molar-refractivity contribution is 5.92. The van der Waals surface area contributed by atoms with Crippen LogP contribution in [-0.2, 0) is 4.79 Å². The molecule has 0 spiro atoms. The van der Waals surface area contributed by atoms with E-state index in [9.17, 15) is 4.79 Å². The second-order valence-electron chi connectivity index (χ2n) is 6.83. The van der Waals surface area contributed by atoms with Crippen molar-refractivity contribution in [2.45, 2.75) is 53.0 Å². The molecule has 1 aliphatic carbocycles. The minimum absolute atomic E-state index is 0.00213. The van der Waals surface area contributed by atoms with Gasteiger partial charge in [-0.15, -0.1) is 0 Å². The van der Waals surface area contributed by atoms with E-state index in [4.69, 9.17) is 0 Å². The molecule has 0 saturated heterocycles. The topological polar surface area (TPSA) is 41.1 Å².